The van der Waals surface area contributed by atoms with Gasteiger partial charge in [0.25, 0.3) is 0 Å². The molecule has 0 aromatic heterocycles. The molecule has 2 aromatic rings. The lowest BCUT2D eigenvalue weighted by Crippen LogP contribution is -2.19. The molecule has 0 radical (unpaired) electrons. The quantitative estimate of drug-likeness (QED) is 0.458. The van der Waals surface area contributed by atoms with Crippen LogP contribution in [0.25, 0.3) is 0 Å². The van der Waals surface area contributed by atoms with Gasteiger partial charge in [-0.25, -0.2) is 0 Å². The fourth-order valence-corrected chi connectivity index (χ4v) is 4.17. The molecular formula is C16H17O2P. The zero-order valence-corrected chi connectivity index (χ0v) is 11.6. The molecule has 0 amide bonds. The van der Waals surface area contributed by atoms with E-state index < -0.39 is 7.14 Å². The second-order valence-electron chi connectivity index (χ2n) is 4.20. The number of rotatable bonds is 6. The van der Waals surface area contributed by atoms with E-state index in [0.29, 0.717) is 6.61 Å². The zero-order valence-electron chi connectivity index (χ0n) is 10.7. The number of hydrogen-bond donors (Lipinski definition) is 0. The minimum Gasteiger partial charge on any atom is -0.369 e. The van der Waals surface area contributed by atoms with Gasteiger partial charge in [-0.05, 0) is 0 Å². The Bertz CT molecular complexity index is 520. The van der Waals surface area contributed by atoms with E-state index in [1.165, 1.54) is 0 Å². The van der Waals surface area contributed by atoms with Crippen molar-refractivity contribution in [2.75, 3.05) is 13.0 Å². The first-order chi connectivity index (χ1) is 9.27. The molecule has 0 aliphatic rings. The summed E-state index contributed by atoms with van der Waals surface area (Å²) >= 11 is 0. The van der Waals surface area contributed by atoms with Gasteiger partial charge in [0, 0.05) is 10.6 Å². The molecule has 3 heteroatoms. The third-order valence-corrected chi connectivity index (χ3v) is 5.67. The van der Waals surface area contributed by atoms with Crippen LogP contribution in [0.15, 0.2) is 73.3 Å². The fourth-order valence-electron chi connectivity index (χ4n) is 1.90. The van der Waals surface area contributed by atoms with Crippen molar-refractivity contribution in [1.82, 2.24) is 0 Å². The van der Waals surface area contributed by atoms with Gasteiger partial charge in [-0.2, -0.15) is 0 Å². The van der Waals surface area contributed by atoms with Gasteiger partial charge >= 0.3 is 0 Å². The van der Waals surface area contributed by atoms with E-state index >= 15 is 0 Å². The minimum absolute atomic E-state index is 0.201. The van der Waals surface area contributed by atoms with E-state index in [1.54, 1.807) is 6.08 Å². The standard InChI is InChI=1S/C16H17O2P/c1-2-13-18-14-19(17,15-9-5-3-6-10-15)16-11-7-4-8-12-16/h2-12H,1,13-14H2. The Morgan fingerprint density at radius 2 is 1.42 bits per heavy atom. The molecule has 2 nitrogen and oxygen atoms in total. The maximum atomic E-state index is 13.3. The van der Waals surface area contributed by atoms with E-state index in [1.807, 2.05) is 60.7 Å². The van der Waals surface area contributed by atoms with Crippen LogP contribution in [-0.4, -0.2) is 13.0 Å². The summed E-state index contributed by atoms with van der Waals surface area (Å²) in [6.07, 6.45) is 1.87. The molecule has 0 spiro atoms. The Kier molecular flexibility index (Phi) is 4.73. The summed E-state index contributed by atoms with van der Waals surface area (Å²) in [6.45, 7) is 4.02. The molecule has 0 N–H and O–H groups in total. The van der Waals surface area contributed by atoms with Gasteiger partial charge < -0.3 is 9.30 Å². The van der Waals surface area contributed by atoms with Crippen molar-refractivity contribution < 1.29 is 9.30 Å². The first-order valence-electron chi connectivity index (χ1n) is 6.16. The second-order valence-corrected chi connectivity index (χ2v) is 6.97. The molecule has 2 rings (SSSR count). The minimum atomic E-state index is -2.72. The molecule has 0 fully saturated rings. The first kappa shape index (κ1) is 13.8. The highest BCUT2D eigenvalue weighted by Gasteiger charge is 2.26. The lowest BCUT2D eigenvalue weighted by Gasteiger charge is -2.18. The average Bonchev–Trinajstić information content (AvgIpc) is 2.49. The van der Waals surface area contributed by atoms with Gasteiger partial charge in [-0.1, -0.05) is 66.7 Å². The molecule has 0 heterocycles. The second kappa shape index (κ2) is 6.51. The summed E-state index contributed by atoms with van der Waals surface area (Å²) in [5.41, 5.74) is 0. The van der Waals surface area contributed by atoms with Crippen LogP contribution in [0.5, 0.6) is 0 Å². The monoisotopic (exact) mass is 272 g/mol. The van der Waals surface area contributed by atoms with Crippen LogP contribution < -0.4 is 10.6 Å². The number of ether oxygens (including phenoxy) is 1. The maximum Gasteiger partial charge on any atom is 0.167 e. The van der Waals surface area contributed by atoms with Crippen LogP contribution in [0.2, 0.25) is 0 Å². The lowest BCUT2D eigenvalue weighted by atomic mass is 10.4. The smallest absolute Gasteiger partial charge is 0.167 e. The van der Waals surface area contributed by atoms with Gasteiger partial charge in [-0.15, -0.1) is 6.58 Å². The van der Waals surface area contributed by atoms with E-state index in [-0.39, 0.29) is 6.35 Å². The van der Waals surface area contributed by atoms with Crippen molar-refractivity contribution in [2.24, 2.45) is 0 Å². The summed E-state index contributed by atoms with van der Waals surface area (Å²) in [7, 11) is -2.72. The summed E-state index contributed by atoms with van der Waals surface area (Å²) in [5.74, 6) is 0. The molecule has 0 aliphatic heterocycles. The third-order valence-electron chi connectivity index (χ3n) is 2.86. The molecule has 19 heavy (non-hydrogen) atoms. The molecule has 0 saturated heterocycles. The van der Waals surface area contributed by atoms with Crippen LogP contribution >= 0.6 is 7.14 Å². The van der Waals surface area contributed by atoms with E-state index in [2.05, 4.69) is 6.58 Å². The Hall–Kier alpha value is -1.63. The molecule has 0 aliphatic carbocycles. The summed E-state index contributed by atoms with van der Waals surface area (Å²) in [5, 5.41) is 1.65. The molecule has 0 atom stereocenters. The Morgan fingerprint density at radius 3 is 1.84 bits per heavy atom. The SMILES string of the molecule is C=CCOCP(=O)(c1ccccc1)c1ccccc1. The van der Waals surface area contributed by atoms with E-state index in [9.17, 15) is 4.57 Å². The van der Waals surface area contributed by atoms with Crippen LogP contribution in [0.4, 0.5) is 0 Å². The lowest BCUT2D eigenvalue weighted by molar-refractivity contribution is 0.210. The first-order valence-corrected chi connectivity index (χ1v) is 8.05. The largest absolute Gasteiger partial charge is 0.369 e. The predicted molar refractivity (Wildman–Crippen MR) is 80.8 cm³/mol. The van der Waals surface area contributed by atoms with Crippen molar-refractivity contribution in [3.05, 3.63) is 73.3 Å². The van der Waals surface area contributed by atoms with Gasteiger partial charge in [0.2, 0.25) is 0 Å². The van der Waals surface area contributed by atoms with Crippen LogP contribution in [0.3, 0.4) is 0 Å². The molecule has 0 saturated carbocycles. The highest BCUT2D eigenvalue weighted by Crippen LogP contribution is 2.43. The maximum absolute atomic E-state index is 13.3. The van der Waals surface area contributed by atoms with Crippen molar-refractivity contribution >= 4 is 17.8 Å². The number of benzene rings is 2. The highest BCUT2D eigenvalue weighted by atomic mass is 31.2. The van der Waals surface area contributed by atoms with Gasteiger partial charge in [-0.3, -0.25) is 0 Å². The average molecular weight is 272 g/mol. The molecule has 0 bridgehead atoms. The summed E-state index contributed by atoms with van der Waals surface area (Å²) < 4.78 is 18.8. The molecule has 2 aromatic carbocycles. The Morgan fingerprint density at radius 1 is 0.947 bits per heavy atom. The van der Waals surface area contributed by atoms with Crippen molar-refractivity contribution in [3.8, 4) is 0 Å². The van der Waals surface area contributed by atoms with Crippen LogP contribution in [0.1, 0.15) is 0 Å². The third kappa shape index (κ3) is 3.23. The molecule has 98 valence electrons. The summed E-state index contributed by atoms with van der Waals surface area (Å²) in [4.78, 5) is 0. The molecule has 0 unspecified atom stereocenters. The Labute approximate surface area is 114 Å². The van der Waals surface area contributed by atoms with Crippen molar-refractivity contribution in [2.45, 2.75) is 0 Å². The highest BCUT2D eigenvalue weighted by molar-refractivity contribution is 7.78. The van der Waals surface area contributed by atoms with Gasteiger partial charge in [0.15, 0.2) is 7.14 Å². The van der Waals surface area contributed by atoms with E-state index in [4.69, 9.17) is 4.74 Å². The van der Waals surface area contributed by atoms with E-state index in [0.717, 1.165) is 10.6 Å². The topological polar surface area (TPSA) is 26.3 Å². The van der Waals surface area contributed by atoms with Gasteiger partial charge in [0.1, 0.15) is 6.35 Å². The normalized spacial score (nSPS) is 11.2. The Balaban J connectivity index is 2.39. The predicted octanol–water partition coefficient (Wildman–Crippen LogP) is 3.16. The van der Waals surface area contributed by atoms with Crippen LogP contribution in [0, 0.1) is 0 Å². The van der Waals surface area contributed by atoms with Crippen molar-refractivity contribution in [3.63, 3.8) is 0 Å². The summed E-state index contributed by atoms with van der Waals surface area (Å²) in [6, 6.07) is 19.0. The van der Waals surface area contributed by atoms with Gasteiger partial charge in [0.05, 0.1) is 6.61 Å². The fraction of sp³-hybridized carbons (Fsp3) is 0.125. The molecular weight excluding hydrogens is 255 g/mol. The van der Waals surface area contributed by atoms with Crippen LogP contribution in [-0.2, 0) is 9.30 Å². The number of hydrogen-bond acceptors (Lipinski definition) is 2. The van der Waals surface area contributed by atoms with Crippen molar-refractivity contribution in [1.29, 1.82) is 0 Å². The zero-order chi connectivity index (χ0) is 13.6.